The van der Waals surface area contributed by atoms with E-state index in [1.54, 1.807) is 12.7 Å². The summed E-state index contributed by atoms with van der Waals surface area (Å²) in [6, 6.07) is 0. The molecule has 74 valence electrons. The summed E-state index contributed by atoms with van der Waals surface area (Å²) in [6.07, 6.45) is 5.00. The van der Waals surface area contributed by atoms with E-state index in [1.165, 1.54) is 0 Å². The van der Waals surface area contributed by atoms with Crippen molar-refractivity contribution in [1.82, 2.24) is 14.8 Å². The minimum Gasteiger partial charge on any atom is -0.391 e. The second kappa shape index (κ2) is 4.97. The van der Waals surface area contributed by atoms with E-state index < -0.39 is 0 Å². The predicted octanol–water partition coefficient (Wildman–Crippen LogP) is 1.08. The van der Waals surface area contributed by atoms with Gasteiger partial charge < -0.3 is 9.67 Å². The Balaban J connectivity index is 2.44. The maximum atomic E-state index is 9.80. The molecule has 0 saturated carbocycles. The number of aromatic nitrogens is 3. The smallest absolute Gasteiger partial charge is 0.119 e. The van der Waals surface area contributed by atoms with Crippen molar-refractivity contribution in [2.24, 2.45) is 5.92 Å². The summed E-state index contributed by atoms with van der Waals surface area (Å²) in [5, 5.41) is 17.2. The second-order valence-corrected chi connectivity index (χ2v) is 3.30. The molecule has 0 amide bonds. The molecule has 4 heteroatoms. The maximum Gasteiger partial charge on any atom is 0.119 e. The highest BCUT2D eigenvalue weighted by atomic mass is 16.3. The van der Waals surface area contributed by atoms with E-state index in [0.29, 0.717) is 12.5 Å². The summed E-state index contributed by atoms with van der Waals surface area (Å²) in [5.74, 6) is 0.377. The largest absolute Gasteiger partial charge is 0.391 e. The van der Waals surface area contributed by atoms with E-state index in [2.05, 4.69) is 24.0 Å². The zero-order valence-electron chi connectivity index (χ0n) is 8.22. The molecule has 0 spiro atoms. The van der Waals surface area contributed by atoms with Gasteiger partial charge in [-0.3, -0.25) is 0 Å². The summed E-state index contributed by atoms with van der Waals surface area (Å²) >= 11 is 0. The highest BCUT2D eigenvalue weighted by Gasteiger charge is 2.15. The molecule has 1 rings (SSSR count). The van der Waals surface area contributed by atoms with Gasteiger partial charge in [0.1, 0.15) is 12.7 Å². The van der Waals surface area contributed by atoms with E-state index in [-0.39, 0.29) is 6.10 Å². The maximum absolute atomic E-state index is 9.80. The zero-order chi connectivity index (χ0) is 9.68. The fourth-order valence-corrected chi connectivity index (χ4v) is 1.51. The Morgan fingerprint density at radius 3 is 2.23 bits per heavy atom. The van der Waals surface area contributed by atoms with Gasteiger partial charge in [-0.1, -0.05) is 26.7 Å². The molecular weight excluding hydrogens is 166 g/mol. The van der Waals surface area contributed by atoms with Crippen LogP contribution >= 0.6 is 0 Å². The first-order valence-corrected chi connectivity index (χ1v) is 4.78. The molecule has 0 aromatic carbocycles. The van der Waals surface area contributed by atoms with Crippen LogP contribution in [0.5, 0.6) is 0 Å². The van der Waals surface area contributed by atoms with Crippen LogP contribution in [-0.4, -0.2) is 26.0 Å². The van der Waals surface area contributed by atoms with Gasteiger partial charge in [-0.2, -0.15) is 0 Å². The zero-order valence-corrected chi connectivity index (χ0v) is 8.22. The number of hydrogen-bond donors (Lipinski definition) is 1. The first-order chi connectivity index (χ1) is 6.27. The molecule has 0 aliphatic carbocycles. The number of aliphatic hydroxyl groups is 1. The fraction of sp³-hybridized carbons (Fsp3) is 0.778. The Labute approximate surface area is 78.6 Å². The minimum absolute atomic E-state index is 0.286. The van der Waals surface area contributed by atoms with Crippen LogP contribution in [0.1, 0.15) is 26.7 Å². The van der Waals surface area contributed by atoms with Crippen LogP contribution < -0.4 is 0 Å². The lowest BCUT2D eigenvalue weighted by Gasteiger charge is -2.19. The van der Waals surface area contributed by atoms with E-state index in [4.69, 9.17) is 0 Å². The monoisotopic (exact) mass is 183 g/mol. The lowest BCUT2D eigenvalue weighted by Crippen LogP contribution is -2.24. The van der Waals surface area contributed by atoms with Gasteiger partial charge in [-0.25, -0.2) is 0 Å². The van der Waals surface area contributed by atoms with Crippen LogP contribution in [0.2, 0.25) is 0 Å². The van der Waals surface area contributed by atoms with Crippen molar-refractivity contribution in [3.05, 3.63) is 12.7 Å². The summed E-state index contributed by atoms with van der Waals surface area (Å²) in [6.45, 7) is 4.80. The molecule has 1 aromatic rings. The summed E-state index contributed by atoms with van der Waals surface area (Å²) in [7, 11) is 0. The standard InChI is InChI=1S/C9H17N3O/c1-3-8(4-2)9(13)5-12-6-10-11-7-12/h6-9,13H,3-5H2,1-2H3. The number of hydrogen-bond acceptors (Lipinski definition) is 3. The SMILES string of the molecule is CCC(CC)C(O)Cn1cnnc1. The molecule has 4 nitrogen and oxygen atoms in total. The van der Waals surface area contributed by atoms with Gasteiger partial charge in [-0.05, 0) is 5.92 Å². The third-order valence-electron chi connectivity index (χ3n) is 2.46. The first kappa shape index (κ1) is 10.2. The van der Waals surface area contributed by atoms with Gasteiger partial charge in [0.25, 0.3) is 0 Å². The van der Waals surface area contributed by atoms with Crippen molar-refractivity contribution < 1.29 is 5.11 Å². The number of aliphatic hydroxyl groups excluding tert-OH is 1. The van der Waals surface area contributed by atoms with Crippen LogP contribution in [0.3, 0.4) is 0 Å². The Kier molecular flexibility index (Phi) is 3.89. The molecule has 0 aliphatic rings. The average molecular weight is 183 g/mol. The van der Waals surface area contributed by atoms with E-state index >= 15 is 0 Å². The van der Waals surface area contributed by atoms with Gasteiger partial charge in [0.05, 0.1) is 12.6 Å². The molecule has 0 fully saturated rings. The van der Waals surface area contributed by atoms with Gasteiger partial charge in [0.2, 0.25) is 0 Å². The predicted molar refractivity (Wildman–Crippen MR) is 50.1 cm³/mol. The van der Waals surface area contributed by atoms with E-state index in [1.807, 2.05) is 4.57 Å². The lowest BCUT2D eigenvalue weighted by atomic mass is 9.97. The van der Waals surface area contributed by atoms with E-state index in [0.717, 1.165) is 12.8 Å². The molecule has 1 atom stereocenters. The van der Waals surface area contributed by atoms with Gasteiger partial charge in [0, 0.05) is 0 Å². The van der Waals surface area contributed by atoms with Crippen LogP contribution in [0, 0.1) is 5.92 Å². The number of nitrogens with zero attached hydrogens (tertiary/aromatic N) is 3. The molecule has 13 heavy (non-hydrogen) atoms. The van der Waals surface area contributed by atoms with E-state index in [9.17, 15) is 5.11 Å². The average Bonchev–Trinajstić information content (AvgIpc) is 2.59. The van der Waals surface area contributed by atoms with Crippen LogP contribution in [0.4, 0.5) is 0 Å². The number of rotatable bonds is 5. The van der Waals surface area contributed by atoms with Crippen molar-refractivity contribution in [3.8, 4) is 0 Å². The Hall–Kier alpha value is -0.900. The van der Waals surface area contributed by atoms with Crippen molar-refractivity contribution in [3.63, 3.8) is 0 Å². The Bertz CT molecular complexity index is 219. The van der Waals surface area contributed by atoms with Crippen molar-refractivity contribution in [2.45, 2.75) is 39.3 Å². The van der Waals surface area contributed by atoms with Crippen molar-refractivity contribution in [1.29, 1.82) is 0 Å². The molecule has 0 saturated heterocycles. The normalized spacial score (nSPS) is 13.5. The molecule has 0 bridgehead atoms. The van der Waals surface area contributed by atoms with Crippen molar-refractivity contribution >= 4 is 0 Å². The van der Waals surface area contributed by atoms with Gasteiger partial charge in [0.15, 0.2) is 0 Å². The highest BCUT2D eigenvalue weighted by molar-refractivity contribution is 4.70. The second-order valence-electron chi connectivity index (χ2n) is 3.30. The topological polar surface area (TPSA) is 50.9 Å². The minimum atomic E-state index is -0.286. The third kappa shape index (κ3) is 2.81. The van der Waals surface area contributed by atoms with Gasteiger partial charge in [-0.15, -0.1) is 10.2 Å². The van der Waals surface area contributed by atoms with Crippen LogP contribution in [0.25, 0.3) is 0 Å². The molecule has 1 aromatic heterocycles. The fourth-order valence-electron chi connectivity index (χ4n) is 1.51. The highest BCUT2D eigenvalue weighted by Crippen LogP contribution is 2.14. The Morgan fingerprint density at radius 2 is 1.77 bits per heavy atom. The lowest BCUT2D eigenvalue weighted by molar-refractivity contribution is 0.0856. The summed E-state index contributed by atoms with van der Waals surface area (Å²) in [4.78, 5) is 0. The Morgan fingerprint density at radius 1 is 1.23 bits per heavy atom. The molecular formula is C9H17N3O. The first-order valence-electron chi connectivity index (χ1n) is 4.78. The van der Waals surface area contributed by atoms with Crippen LogP contribution in [0.15, 0.2) is 12.7 Å². The summed E-state index contributed by atoms with van der Waals surface area (Å²) in [5.41, 5.74) is 0. The van der Waals surface area contributed by atoms with Gasteiger partial charge >= 0.3 is 0 Å². The van der Waals surface area contributed by atoms with Crippen LogP contribution in [-0.2, 0) is 6.54 Å². The molecule has 0 aliphatic heterocycles. The summed E-state index contributed by atoms with van der Waals surface area (Å²) < 4.78 is 1.81. The quantitative estimate of drug-likeness (QED) is 0.743. The molecule has 1 unspecified atom stereocenters. The molecule has 0 radical (unpaired) electrons. The molecule has 1 N–H and O–H groups in total. The third-order valence-corrected chi connectivity index (χ3v) is 2.46. The molecule has 1 heterocycles. The van der Waals surface area contributed by atoms with Crippen molar-refractivity contribution in [2.75, 3.05) is 0 Å².